The lowest BCUT2D eigenvalue weighted by Gasteiger charge is -2.13. The number of aryl methyl sites for hydroxylation is 3. The van der Waals surface area contributed by atoms with Gasteiger partial charge in [0.1, 0.15) is 10.5 Å². The van der Waals surface area contributed by atoms with Gasteiger partial charge in [0.2, 0.25) is 5.91 Å². The minimum absolute atomic E-state index is 0.0752. The molecule has 164 valence electrons. The van der Waals surface area contributed by atoms with E-state index in [4.69, 9.17) is 0 Å². The molecule has 32 heavy (non-hydrogen) atoms. The number of hydrogen-bond acceptors (Lipinski definition) is 5. The van der Waals surface area contributed by atoms with E-state index >= 15 is 0 Å². The van der Waals surface area contributed by atoms with E-state index in [9.17, 15) is 14.0 Å². The average Bonchev–Trinajstić information content (AvgIpc) is 3.22. The van der Waals surface area contributed by atoms with E-state index in [1.54, 1.807) is 17.6 Å². The van der Waals surface area contributed by atoms with E-state index in [0.29, 0.717) is 33.2 Å². The summed E-state index contributed by atoms with van der Waals surface area (Å²) in [5, 5.41) is 5.13. The van der Waals surface area contributed by atoms with Gasteiger partial charge in [-0.05, 0) is 72.7 Å². The van der Waals surface area contributed by atoms with Crippen molar-refractivity contribution in [3.63, 3.8) is 0 Å². The first-order chi connectivity index (χ1) is 15.3. The van der Waals surface area contributed by atoms with Crippen molar-refractivity contribution < 1.29 is 9.18 Å². The number of fused-ring (bicyclic) bond motifs is 1. The number of aromatic nitrogens is 2. The number of thiophene rings is 1. The smallest absolute Gasteiger partial charge is 0.272 e. The van der Waals surface area contributed by atoms with Crippen LogP contribution in [0.3, 0.4) is 0 Å². The third-order valence-corrected chi connectivity index (χ3v) is 7.11. The van der Waals surface area contributed by atoms with Gasteiger partial charge in [-0.1, -0.05) is 30.0 Å². The van der Waals surface area contributed by atoms with Crippen LogP contribution in [0.25, 0.3) is 10.2 Å². The first-order valence-corrected chi connectivity index (χ1v) is 11.9. The number of amides is 1. The normalized spacial score (nSPS) is 11.1. The average molecular weight is 468 g/mol. The fourth-order valence-electron chi connectivity index (χ4n) is 3.34. The Balaban J connectivity index is 1.59. The maximum Gasteiger partial charge on any atom is 0.272 e. The molecule has 8 heteroatoms. The molecular formula is C24H22FN3O2S2. The number of carbonyl (C=O) groups is 1. The highest BCUT2D eigenvalue weighted by molar-refractivity contribution is 7.99. The van der Waals surface area contributed by atoms with Crippen molar-refractivity contribution in [3.8, 4) is 0 Å². The van der Waals surface area contributed by atoms with Gasteiger partial charge >= 0.3 is 0 Å². The predicted molar refractivity (Wildman–Crippen MR) is 129 cm³/mol. The molecule has 0 saturated carbocycles. The number of nitrogens with one attached hydrogen (secondary N) is 1. The highest BCUT2D eigenvalue weighted by Gasteiger charge is 2.15. The number of halogens is 1. The summed E-state index contributed by atoms with van der Waals surface area (Å²) < 4.78 is 15.5. The van der Waals surface area contributed by atoms with Gasteiger partial charge in [-0.2, -0.15) is 0 Å². The maximum atomic E-state index is 13.3. The quantitative estimate of drug-likeness (QED) is 0.309. The summed E-state index contributed by atoms with van der Waals surface area (Å²) in [5.41, 5.74) is 5.08. The summed E-state index contributed by atoms with van der Waals surface area (Å²) in [6, 6.07) is 12.1. The van der Waals surface area contributed by atoms with E-state index in [1.807, 2.05) is 37.4 Å². The molecule has 0 atom stereocenters. The minimum atomic E-state index is -0.349. The van der Waals surface area contributed by atoms with Crippen molar-refractivity contribution >= 4 is 44.9 Å². The molecule has 0 radical (unpaired) electrons. The fraction of sp³-hybridized carbons (Fsp3) is 0.208. The second-order valence-electron chi connectivity index (χ2n) is 7.64. The standard InChI is InChI=1S/C24H22FN3O2S2/c1-14-4-5-17(10-15(14)2)12-28-23(30)22-20(8-9-31-22)27-24(28)32-13-21(29)26-19-7-6-18(25)11-16(19)3/h4-11H,12-13H2,1-3H3,(H,26,29). The van der Waals surface area contributed by atoms with E-state index in [-0.39, 0.29) is 23.0 Å². The molecule has 0 spiro atoms. The largest absolute Gasteiger partial charge is 0.325 e. The van der Waals surface area contributed by atoms with Crippen molar-refractivity contribution in [2.75, 3.05) is 11.1 Å². The first kappa shape index (κ1) is 22.2. The molecule has 0 aliphatic carbocycles. The van der Waals surface area contributed by atoms with Crippen LogP contribution in [0.4, 0.5) is 10.1 Å². The summed E-state index contributed by atoms with van der Waals surface area (Å²) in [6.07, 6.45) is 0. The zero-order valence-corrected chi connectivity index (χ0v) is 19.6. The van der Waals surface area contributed by atoms with Gasteiger partial charge in [0.25, 0.3) is 5.56 Å². The van der Waals surface area contributed by atoms with Crippen LogP contribution in [-0.4, -0.2) is 21.2 Å². The zero-order valence-electron chi connectivity index (χ0n) is 17.9. The van der Waals surface area contributed by atoms with Crippen LogP contribution in [0.2, 0.25) is 0 Å². The molecule has 2 aromatic carbocycles. The Bertz CT molecular complexity index is 1380. The number of rotatable bonds is 6. The van der Waals surface area contributed by atoms with Crippen LogP contribution in [0.15, 0.2) is 57.8 Å². The van der Waals surface area contributed by atoms with E-state index in [2.05, 4.69) is 16.4 Å². The van der Waals surface area contributed by atoms with Gasteiger partial charge in [0.15, 0.2) is 5.16 Å². The Kier molecular flexibility index (Phi) is 6.43. The first-order valence-electron chi connectivity index (χ1n) is 10.0. The second-order valence-corrected chi connectivity index (χ2v) is 9.49. The summed E-state index contributed by atoms with van der Waals surface area (Å²) in [4.78, 5) is 30.3. The van der Waals surface area contributed by atoms with Crippen LogP contribution in [0.5, 0.6) is 0 Å². The molecule has 4 aromatic rings. The Morgan fingerprint density at radius 2 is 1.91 bits per heavy atom. The number of thioether (sulfide) groups is 1. The van der Waals surface area contributed by atoms with Crippen molar-refractivity contribution in [1.29, 1.82) is 0 Å². The third-order valence-electron chi connectivity index (χ3n) is 5.24. The lowest BCUT2D eigenvalue weighted by Crippen LogP contribution is -2.24. The van der Waals surface area contributed by atoms with E-state index in [1.165, 1.54) is 40.8 Å². The van der Waals surface area contributed by atoms with E-state index < -0.39 is 0 Å². The molecule has 2 heterocycles. The molecule has 1 amide bonds. The second kappa shape index (κ2) is 9.26. The molecule has 0 bridgehead atoms. The summed E-state index contributed by atoms with van der Waals surface area (Å²) in [5.74, 6) is -0.521. The van der Waals surface area contributed by atoms with Gasteiger partial charge in [-0.15, -0.1) is 11.3 Å². The molecule has 0 aliphatic heterocycles. The summed E-state index contributed by atoms with van der Waals surface area (Å²) >= 11 is 2.58. The summed E-state index contributed by atoms with van der Waals surface area (Å²) in [6.45, 7) is 6.20. The van der Waals surface area contributed by atoms with Gasteiger partial charge in [0.05, 0.1) is 17.8 Å². The molecule has 0 saturated heterocycles. The Morgan fingerprint density at radius 1 is 1.09 bits per heavy atom. The van der Waals surface area contributed by atoms with Gasteiger partial charge in [-0.3, -0.25) is 14.2 Å². The Hall–Kier alpha value is -2.97. The minimum Gasteiger partial charge on any atom is -0.325 e. The Morgan fingerprint density at radius 3 is 2.66 bits per heavy atom. The molecule has 4 rings (SSSR count). The van der Waals surface area contributed by atoms with Gasteiger partial charge in [-0.25, -0.2) is 9.37 Å². The molecule has 1 N–H and O–H groups in total. The number of nitrogens with zero attached hydrogens (tertiary/aromatic N) is 2. The monoisotopic (exact) mass is 467 g/mol. The van der Waals surface area contributed by atoms with E-state index in [0.717, 1.165) is 11.1 Å². The predicted octanol–water partition coefficient (Wildman–Crippen LogP) is 5.30. The lowest BCUT2D eigenvalue weighted by molar-refractivity contribution is -0.113. The lowest BCUT2D eigenvalue weighted by atomic mass is 10.1. The van der Waals surface area contributed by atoms with Crippen molar-refractivity contribution in [2.45, 2.75) is 32.5 Å². The number of carbonyl (C=O) groups excluding carboxylic acids is 1. The van der Waals surface area contributed by atoms with Crippen molar-refractivity contribution in [2.24, 2.45) is 0 Å². The SMILES string of the molecule is Cc1ccc(Cn2c(SCC(=O)Nc3ccc(F)cc3C)nc3ccsc3c2=O)cc1C. The molecule has 0 fully saturated rings. The molecule has 5 nitrogen and oxygen atoms in total. The number of benzene rings is 2. The van der Waals surface area contributed by atoms with Crippen LogP contribution in [0.1, 0.15) is 22.3 Å². The summed E-state index contributed by atoms with van der Waals surface area (Å²) in [7, 11) is 0. The van der Waals surface area contributed by atoms with Crippen molar-refractivity contribution in [1.82, 2.24) is 9.55 Å². The maximum absolute atomic E-state index is 13.3. The number of anilines is 1. The fourth-order valence-corrected chi connectivity index (χ4v) is 4.92. The van der Waals surface area contributed by atoms with Crippen LogP contribution in [-0.2, 0) is 11.3 Å². The molecule has 0 unspecified atom stereocenters. The topological polar surface area (TPSA) is 64.0 Å². The van der Waals surface area contributed by atoms with Crippen LogP contribution < -0.4 is 10.9 Å². The zero-order chi connectivity index (χ0) is 22.8. The van der Waals surface area contributed by atoms with Crippen LogP contribution >= 0.6 is 23.1 Å². The molecule has 0 aliphatic rings. The van der Waals surface area contributed by atoms with Crippen LogP contribution in [0, 0.1) is 26.6 Å². The van der Waals surface area contributed by atoms with Gasteiger partial charge < -0.3 is 5.32 Å². The Labute approximate surface area is 193 Å². The third kappa shape index (κ3) is 4.76. The molecular weight excluding hydrogens is 445 g/mol. The molecule has 2 aromatic heterocycles. The highest BCUT2D eigenvalue weighted by atomic mass is 32.2. The number of hydrogen-bond donors (Lipinski definition) is 1. The van der Waals surface area contributed by atoms with Gasteiger partial charge in [0, 0.05) is 5.69 Å². The van der Waals surface area contributed by atoms with Crippen molar-refractivity contribution in [3.05, 3.63) is 86.3 Å². The highest BCUT2D eigenvalue weighted by Crippen LogP contribution is 2.23.